The first kappa shape index (κ1) is 19.8. The summed E-state index contributed by atoms with van der Waals surface area (Å²) in [6, 6.07) is 9.03. The van der Waals surface area contributed by atoms with Gasteiger partial charge in [0.05, 0.1) is 30.8 Å². The average Bonchev–Trinajstić information content (AvgIpc) is 2.72. The second-order valence-corrected chi connectivity index (χ2v) is 7.25. The third kappa shape index (κ3) is 5.06. The van der Waals surface area contributed by atoms with Gasteiger partial charge in [0.25, 0.3) is 5.91 Å². The normalized spacial score (nSPS) is 16.9. The molecule has 2 aromatic rings. The van der Waals surface area contributed by atoms with E-state index in [4.69, 9.17) is 25.8 Å². The molecule has 1 fully saturated rings. The lowest BCUT2D eigenvalue weighted by Crippen LogP contribution is -2.47. The van der Waals surface area contributed by atoms with E-state index in [1.165, 1.54) is 6.20 Å². The number of ether oxygens (including phenoxy) is 3. The minimum atomic E-state index is -0.225. The van der Waals surface area contributed by atoms with E-state index in [-0.39, 0.29) is 12.0 Å². The van der Waals surface area contributed by atoms with E-state index < -0.39 is 0 Å². The van der Waals surface area contributed by atoms with Crippen molar-refractivity contribution in [2.24, 2.45) is 0 Å². The second kappa shape index (κ2) is 9.30. The van der Waals surface area contributed by atoms with E-state index in [9.17, 15) is 4.79 Å². The second-order valence-electron chi connectivity index (χ2n) is 5.94. The Morgan fingerprint density at radius 1 is 1.41 bits per heavy atom. The molecule has 0 spiro atoms. The number of hydrogen-bond donors (Lipinski definition) is 0. The molecular formula is C19H21ClN2O4S. The van der Waals surface area contributed by atoms with Crippen molar-refractivity contribution in [1.29, 1.82) is 0 Å². The van der Waals surface area contributed by atoms with Crippen molar-refractivity contribution in [3.05, 3.63) is 47.1 Å². The van der Waals surface area contributed by atoms with Gasteiger partial charge in [0.1, 0.15) is 18.5 Å². The van der Waals surface area contributed by atoms with Crippen molar-refractivity contribution in [3.8, 4) is 11.6 Å². The first-order valence-electron chi connectivity index (χ1n) is 8.48. The Labute approximate surface area is 167 Å². The third-order valence-corrected chi connectivity index (χ3v) is 5.13. The number of benzene rings is 1. The van der Waals surface area contributed by atoms with Gasteiger partial charge in [-0.15, -0.1) is 11.8 Å². The Balaban J connectivity index is 1.63. The van der Waals surface area contributed by atoms with E-state index in [2.05, 4.69) is 4.98 Å². The van der Waals surface area contributed by atoms with E-state index in [1.807, 2.05) is 24.5 Å². The van der Waals surface area contributed by atoms with Crippen LogP contribution >= 0.6 is 23.4 Å². The Morgan fingerprint density at radius 3 is 2.96 bits per heavy atom. The monoisotopic (exact) mass is 408 g/mol. The minimum absolute atomic E-state index is 0.0718. The number of aromatic nitrogens is 1. The molecule has 1 aromatic heterocycles. The maximum Gasteiger partial charge on any atom is 0.257 e. The summed E-state index contributed by atoms with van der Waals surface area (Å²) in [5.74, 6) is 0.981. The summed E-state index contributed by atoms with van der Waals surface area (Å²) in [4.78, 5) is 19.9. The highest BCUT2D eigenvalue weighted by Crippen LogP contribution is 2.27. The zero-order chi connectivity index (χ0) is 19.2. The zero-order valence-electron chi connectivity index (χ0n) is 15.2. The Bertz CT molecular complexity index is 788. The van der Waals surface area contributed by atoms with Crippen molar-refractivity contribution >= 4 is 29.3 Å². The molecule has 0 N–H and O–H groups in total. The molecule has 3 rings (SSSR count). The van der Waals surface area contributed by atoms with Crippen molar-refractivity contribution in [2.75, 3.05) is 39.7 Å². The van der Waals surface area contributed by atoms with Gasteiger partial charge in [0.15, 0.2) is 0 Å². The van der Waals surface area contributed by atoms with Crippen molar-refractivity contribution < 1.29 is 19.0 Å². The molecular weight excluding hydrogens is 388 g/mol. The molecule has 27 heavy (non-hydrogen) atoms. The van der Waals surface area contributed by atoms with Gasteiger partial charge in [-0.2, -0.15) is 0 Å². The number of pyridine rings is 1. The summed E-state index contributed by atoms with van der Waals surface area (Å²) < 4.78 is 16.8. The van der Waals surface area contributed by atoms with Gasteiger partial charge >= 0.3 is 0 Å². The van der Waals surface area contributed by atoms with Crippen LogP contribution in [-0.4, -0.2) is 61.6 Å². The number of morpholine rings is 1. The highest BCUT2D eigenvalue weighted by Gasteiger charge is 2.27. The molecule has 8 heteroatoms. The quantitative estimate of drug-likeness (QED) is 0.683. The number of rotatable bonds is 6. The van der Waals surface area contributed by atoms with Gasteiger partial charge in [-0.1, -0.05) is 11.6 Å². The fourth-order valence-electron chi connectivity index (χ4n) is 2.78. The highest BCUT2D eigenvalue weighted by atomic mass is 35.5. The molecule has 6 nitrogen and oxygen atoms in total. The molecule has 2 heterocycles. The number of thioether (sulfide) groups is 1. The summed E-state index contributed by atoms with van der Waals surface area (Å²) in [7, 11) is 1.57. The van der Waals surface area contributed by atoms with Crippen LogP contribution in [0.3, 0.4) is 0 Å². The lowest BCUT2D eigenvalue weighted by atomic mass is 10.1. The number of halogens is 1. The van der Waals surface area contributed by atoms with Crippen LogP contribution in [-0.2, 0) is 4.74 Å². The van der Waals surface area contributed by atoms with Gasteiger partial charge in [-0.25, -0.2) is 4.98 Å². The van der Waals surface area contributed by atoms with Crippen LogP contribution in [0.25, 0.3) is 0 Å². The SMILES string of the molecule is COc1cc(SC)ccc1C(=O)N1CCOC(COc2ccc(Cl)cn2)C1. The Morgan fingerprint density at radius 2 is 2.26 bits per heavy atom. The molecule has 0 saturated carbocycles. The van der Waals surface area contributed by atoms with Gasteiger partial charge in [0.2, 0.25) is 5.88 Å². The van der Waals surface area contributed by atoms with Crippen LogP contribution in [0.5, 0.6) is 11.6 Å². The predicted molar refractivity (Wildman–Crippen MR) is 105 cm³/mol. The summed E-state index contributed by atoms with van der Waals surface area (Å²) in [6.45, 7) is 1.74. The number of nitrogens with zero attached hydrogens (tertiary/aromatic N) is 2. The number of methoxy groups -OCH3 is 1. The molecule has 1 saturated heterocycles. The molecule has 1 aromatic carbocycles. The molecule has 1 atom stereocenters. The fourth-order valence-corrected chi connectivity index (χ4v) is 3.32. The highest BCUT2D eigenvalue weighted by molar-refractivity contribution is 7.98. The summed E-state index contributed by atoms with van der Waals surface area (Å²) in [6.07, 6.45) is 3.29. The number of hydrogen-bond acceptors (Lipinski definition) is 6. The lowest BCUT2D eigenvalue weighted by Gasteiger charge is -2.33. The molecule has 0 radical (unpaired) electrons. The van der Waals surface area contributed by atoms with E-state index >= 15 is 0 Å². The topological polar surface area (TPSA) is 60.9 Å². The summed E-state index contributed by atoms with van der Waals surface area (Å²) >= 11 is 7.42. The fraction of sp³-hybridized carbons (Fsp3) is 0.368. The largest absolute Gasteiger partial charge is 0.496 e. The third-order valence-electron chi connectivity index (χ3n) is 4.18. The van der Waals surface area contributed by atoms with Crippen LogP contribution in [0.2, 0.25) is 5.02 Å². The van der Waals surface area contributed by atoms with Gasteiger partial charge in [-0.05, 0) is 30.5 Å². The maximum absolute atomic E-state index is 13.0. The molecule has 1 aliphatic heterocycles. The molecule has 144 valence electrons. The first-order chi connectivity index (χ1) is 13.1. The van der Waals surface area contributed by atoms with Crippen LogP contribution < -0.4 is 9.47 Å². The van der Waals surface area contributed by atoms with Crippen molar-refractivity contribution in [2.45, 2.75) is 11.0 Å². The lowest BCUT2D eigenvalue weighted by molar-refractivity contribution is -0.0407. The summed E-state index contributed by atoms with van der Waals surface area (Å²) in [5, 5.41) is 0.550. The smallest absolute Gasteiger partial charge is 0.257 e. The average molecular weight is 409 g/mol. The van der Waals surface area contributed by atoms with Crippen molar-refractivity contribution in [3.63, 3.8) is 0 Å². The Kier molecular flexibility index (Phi) is 6.82. The molecule has 0 aliphatic carbocycles. The Hall–Kier alpha value is -1.96. The number of carbonyl (C=O) groups is 1. The molecule has 0 bridgehead atoms. The number of amides is 1. The van der Waals surface area contributed by atoms with E-state index in [0.29, 0.717) is 48.5 Å². The van der Waals surface area contributed by atoms with Crippen LogP contribution in [0.15, 0.2) is 41.4 Å². The van der Waals surface area contributed by atoms with Gasteiger partial charge < -0.3 is 19.1 Å². The van der Waals surface area contributed by atoms with Gasteiger partial charge in [0, 0.05) is 23.7 Å². The minimum Gasteiger partial charge on any atom is -0.496 e. The van der Waals surface area contributed by atoms with E-state index in [1.54, 1.807) is 35.9 Å². The van der Waals surface area contributed by atoms with E-state index in [0.717, 1.165) is 4.90 Å². The van der Waals surface area contributed by atoms with Crippen molar-refractivity contribution in [1.82, 2.24) is 9.88 Å². The zero-order valence-corrected chi connectivity index (χ0v) is 16.8. The first-order valence-corrected chi connectivity index (χ1v) is 10.1. The molecule has 1 unspecified atom stereocenters. The van der Waals surface area contributed by atoms with Crippen LogP contribution in [0.1, 0.15) is 10.4 Å². The van der Waals surface area contributed by atoms with Crippen LogP contribution in [0.4, 0.5) is 0 Å². The maximum atomic E-state index is 13.0. The van der Waals surface area contributed by atoms with Crippen LogP contribution in [0, 0.1) is 0 Å². The molecule has 1 amide bonds. The number of carbonyl (C=O) groups excluding carboxylic acids is 1. The standard InChI is InChI=1S/C19H21ClN2O4S/c1-24-17-9-15(27-2)4-5-16(17)19(23)22-7-8-25-14(11-22)12-26-18-6-3-13(20)10-21-18/h3-6,9-10,14H,7-8,11-12H2,1-2H3. The molecule has 1 aliphatic rings. The van der Waals surface area contributed by atoms with Gasteiger partial charge in [-0.3, -0.25) is 4.79 Å². The summed E-state index contributed by atoms with van der Waals surface area (Å²) in [5.41, 5.74) is 0.552. The predicted octanol–water partition coefficient (Wildman–Crippen LogP) is 3.39.